The average molecular weight is 459 g/mol. The molecular formula is C28H34N4O2. The van der Waals surface area contributed by atoms with Gasteiger partial charge >= 0.3 is 0 Å². The number of rotatable bonds is 9. The van der Waals surface area contributed by atoms with Gasteiger partial charge in [-0.05, 0) is 62.5 Å². The second-order valence-corrected chi connectivity index (χ2v) is 9.12. The van der Waals surface area contributed by atoms with Crippen molar-refractivity contribution in [2.75, 3.05) is 0 Å². The van der Waals surface area contributed by atoms with E-state index in [2.05, 4.69) is 45.3 Å². The summed E-state index contributed by atoms with van der Waals surface area (Å²) in [7, 11) is 0. The minimum atomic E-state index is -0.0446. The van der Waals surface area contributed by atoms with Gasteiger partial charge < -0.3 is 0 Å². The molecule has 0 aromatic heterocycles. The van der Waals surface area contributed by atoms with Gasteiger partial charge in [0.2, 0.25) is 11.8 Å². The van der Waals surface area contributed by atoms with Crippen molar-refractivity contribution in [1.82, 2.24) is 10.9 Å². The van der Waals surface area contributed by atoms with Crippen molar-refractivity contribution in [2.45, 2.75) is 77.0 Å². The van der Waals surface area contributed by atoms with E-state index in [0.717, 1.165) is 86.8 Å². The van der Waals surface area contributed by atoms with Crippen LogP contribution in [0.2, 0.25) is 0 Å². The number of benzene rings is 2. The Morgan fingerprint density at radius 1 is 0.618 bits per heavy atom. The summed E-state index contributed by atoms with van der Waals surface area (Å²) >= 11 is 0. The summed E-state index contributed by atoms with van der Waals surface area (Å²) in [5.74, 6) is -0.0891. The Labute approximate surface area is 201 Å². The van der Waals surface area contributed by atoms with Crippen molar-refractivity contribution in [2.24, 2.45) is 10.2 Å². The minimum absolute atomic E-state index is 0.0446. The molecule has 4 rings (SSSR count). The molecule has 6 nitrogen and oxygen atoms in total. The van der Waals surface area contributed by atoms with Crippen LogP contribution in [0.4, 0.5) is 0 Å². The van der Waals surface area contributed by atoms with Crippen LogP contribution in [0.25, 0.3) is 0 Å². The molecule has 0 heterocycles. The molecule has 0 unspecified atom stereocenters. The van der Waals surface area contributed by atoms with Crippen LogP contribution >= 0.6 is 0 Å². The van der Waals surface area contributed by atoms with Gasteiger partial charge in [0, 0.05) is 24.0 Å². The van der Waals surface area contributed by atoms with Gasteiger partial charge in [0.25, 0.3) is 0 Å². The topological polar surface area (TPSA) is 82.9 Å². The maximum atomic E-state index is 12.2. The van der Waals surface area contributed by atoms with Crippen molar-refractivity contribution in [1.29, 1.82) is 0 Å². The highest BCUT2D eigenvalue weighted by Gasteiger charge is 2.16. The highest BCUT2D eigenvalue weighted by molar-refractivity contribution is 6.03. The molecule has 0 saturated carbocycles. The van der Waals surface area contributed by atoms with E-state index in [-0.39, 0.29) is 11.8 Å². The molecule has 2 aromatic rings. The van der Waals surface area contributed by atoms with E-state index >= 15 is 0 Å². The van der Waals surface area contributed by atoms with E-state index < -0.39 is 0 Å². The molecule has 0 spiro atoms. The number of carbonyl (C=O) groups excluding carboxylic acids is 2. The van der Waals surface area contributed by atoms with E-state index in [0.29, 0.717) is 12.8 Å². The lowest BCUT2D eigenvalue weighted by atomic mass is 9.90. The fourth-order valence-corrected chi connectivity index (χ4v) is 4.73. The molecule has 2 aliphatic carbocycles. The Morgan fingerprint density at radius 3 is 1.53 bits per heavy atom. The SMILES string of the molecule is O=C(CCCCCCC(=O)N/N=C1/CCCc2ccccc21)N/N=C1/CCCc2ccccc21. The summed E-state index contributed by atoms with van der Waals surface area (Å²) in [6.45, 7) is 0. The molecule has 2 aromatic carbocycles. The van der Waals surface area contributed by atoms with E-state index in [1.807, 2.05) is 24.3 Å². The number of amides is 2. The molecule has 0 saturated heterocycles. The molecule has 0 fully saturated rings. The number of nitrogens with one attached hydrogen (secondary N) is 2. The summed E-state index contributed by atoms with van der Waals surface area (Å²) in [6.07, 6.45) is 10.4. The fourth-order valence-electron chi connectivity index (χ4n) is 4.73. The third kappa shape index (κ3) is 6.62. The van der Waals surface area contributed by atoms with Crippen LogP contribution in [0.1, 0.15) is 86.5 Å². The Morgan fingerprint density at radius 2 is 1.06 bits per heavy atom. The van der Waals surface area contributed by atoms with Crippen LogP contribution < -0.4 is 10.9 Å². The van der Waals surface area contributed by atoms with Gasteiger partial charge in [-0.15, -0.1) is 0 Å². The molecule has 0 bridgehead atoms. The maximum absolute atomic E-state index is 12.2. The van der Waals surface area contributed by atoms with Crippen molar-refractivity contribution >= 4 is 23.2 Å². The summed E-state index contributed by atoms with van der Waals surface area (Å²) < 4.78 is 0. The molecule has 178 valence electrons. The second-order valence-electron chi connectivity index (χ2n) is 9.12. The number of hydrogen-bond donors (Lipinski definition) is 2. The Bertz CT molecular complexity index is 988. The van der Waals surface area contributed by atoms with E-state index in [9.17, 15) is 9.59 Å². The van der Waals surface area contributed by atoms with Crippen molar-refractivity contribution in [3.8, 4) is 0 Å². The van der Waals surface area contributed by atoms with Gasteiger partial charge in [0.1, 0.15) is 0 Å². The zero-order valence-corrected chi connectivity index (χ0v) is 19.8. The number of unbranched alkanes of at least 4 members (excludes halogenated alkanes) is 3. The molecule has 6 heteroatoms. The number of hydrazone groups is 2. The largest absolute Gasteiger partial charge is 0.273 e. The van der Waals surface area contributed by atoms with Crippen LogP contribution in [-0.2, 0) is 22.4 Å². The molecule has 2 aliphatic rings. The van der Waals surface area contributed by atoms with Crippen molar-refractivity contribution in [3.05, 3.63) is 70.8 Å². The Balaban J connectivity index is 1.10. The van der Waals surface area contributed by atoms with Crippen LogP contribution in [0.5, 0.6) is 0 Å². The first-order valence-electron chi connectivity index (χ1n) is 12.6. The third-order valence-electron chi connectivity index (χ3n) is 6.56. The fraction of sp³-hybridized carbons (Fsp3) is 0.429. The van der Waals surface area contributed by atoms with Crippen LogP contribution in [0.3, 0.4) is 0 Å². The monoisotopic (exact) mass is 458 g/mol. The van der Waals surface area contributed by atoms with Gasteiger partial charge in [-0.3, -0.25) is 9.59 Å². The van der Waals surface area contributed by atoms with Gasteiger partial charge in [-0.1, -0.05) is 61.4 Å². The zero-order chi connectivity index (χ0) is 23.6. The summed E-state index contributed by atoms with van der Waals surface area (Å²) in [4.78, 5) is 24.3. The molecule has 2 N–H and O–H groups in total. The van der Waals surface area contributed by atoms with Crippen molar-refractivity contribution < 1.29 is 9.59 Å². The first-order valence-corrected chi connectivity index (χ1v) is 12.6. The van der Waals surface area contributed by atoms with Crippen LogP contribution in [0, 0.1) is 0 Å². The Hall–Kier alpha value is -3.28. The van der Waals surface area contributed by atoms with E-state index in [1.165, 1.54) is 11.1 Å². The van der Waals surface area contributed by atoms with E-state index in [1.54, 1.807) is 0 Å². The number of aryl methyl sites for hydroxylation is 2. The number of fused-ring (bicyclic) bond motifs is 2. The summed E-state index contributed by atoms with van der Waals surface area (Å²) in [6, 6.07) is 16.6. The molecule has 34 heavy (non-hydrogen) atoms. The standard InChI is InChI=1S/C28H34N4O2/c33-27(31-29-25-17-9-13-21-11-5-7-15-23(21)25)19-3-1-2-4-20-28(34)32-30-26-18-10-14-22-12-6-8-16-24(22)26/h5-8,11-12,15-16H,1-4,9-10,13-14,17-20H2,(H,31,33)(H,32,34)/b29-25-,30-26-. The Kier molecular flexibility index (Phi) is 8.60. The predicted octanol–water partition coefficient (Wildman–Crippen LogP) is 5.04. The van der Waals surface area contributed by atoms with E-state index in [4.69, 9.17) is 0 Å². The third-order valence-corrected chi connectivity index (χ3v) is 6.56. The van der Waals surface area contributed by atoms with Gasteiger partial charge in [-0.25, -0.2) is 10.9 Å². The van der Waals surface area contributed by atoms with Crippen molar-refractivity contribution in [3.63, 3.8) is 0 Å². The molecule has 0 radical (unpaired) electrons. The number of hydrogen-bond acceptors (Lipinski definition) is 4. The lowest BCUT2D eigenvalue weighted by molar-refractivity contribution is -0.122. The van der Waals surface area contributed by atoms with Crippen LogP contribution in [0.15, 0.2) is 58.7 Å². The second kappa shape index (κ2) is 12.3. The first-order chi connectivity index (χ1) is 16.7. The smallest absolute Gasteiger partial charge is 0.240 e. The quantitative estimate of drug-likeness (QED) is 0.408. The summed E-state index contributed by atoms with van der Waals surface area (Å²) in [5.41, 5.74) is 12.3. The van der Waals surface area contributed by atoms with Crippen LogP contribution in [-0.4, -0.2) is 23.2 Å². The normalized spacial score (nSPS) is 17.2. The molecule has 0 aliphatic heterocycles. The minimum Gasteiger partial charge on any atom is -0.273 e. The average Bonchev–Trinajstić information content (AvgIpc) is 2.88. The molecule has 0 atom stereocenters. The lowest BCUT2D eigenvalue weighted by Gasteiger charge is -2.17. The number of nitrogens with zero attached hydrogens (tertiary/aromatic N) is 2. The van der Waals surface area contributed by atoms with Gasteiger partial charge in [0.15, 0.2) is 0 Å². The predicted molar refractivity (Wildman–Crippen MR) is 136 cm³/mol. The number of carbonyl (C=O) groups is 2. The first kappa shape index (κ1) is 23.9. The van der Waals surface area contributed by atoms with Gasteiger partial charge in [0.05, 0.1) is 11.4 Å². The summed E-state index contributed by atoms with van der Waals surface area (Å²) in [5, 5.41) is 8.78. The molecule has 2 amide bonds. The zero-order valence-electron chi connectivity index (χ0n) is 19.8. The molecular weight excluding hydrogens is 424 g/mol. The maximum Gasteiger partial charge on any atom is 0.240 e. The van der Waals surface area contributed by atoms with Gasteiger partial charge in [-0.2, -0.15) is 10.2 Å². The lowest BCUT2D eigenvalue weighted by Crippen LogP contribution is -2.22. The highest BCUT2D eigenvalue weighted by atomic mass is 16.2. The highest BCUT2D eigenvalue weighted by Crippen LogP contribution is 2.22.